The molecule has 0 saturated carbocycles. The number of carbonyl (C=O) groups is 2. The van der Waals surface area contributed by atoms with Crippen LogP contribution >= 0.6 is 23.4 Å². The smallest absolute Gasteiger partial charge is 0.227 e. The third-order valence-electron chi connectivity index (χ3n) is 2.76. The topological polar surface area (TPSA) is 46.2 Å². The molecule has 0 bridgehead atoms. The molecule has 1 unspecified atom stereocenters. The van der Waals surface area contributed by atoms with E-state index in [1.807, 2.05) is 18.2 Å². The van der Waals surface area contributed by atoms with Crippen molar-refractivity contribution in [2.45, 2.75) is 30.7 Å². The number of nitrogens with one attached hydrogen (secondary N) is 1. The van der Waals surface area contributed by atoms with Crippen LogP contribution in [0.5, 0.6) is 0 Å². The SMILES string of the molecule is CC(=O)CC(=O)NC1CCSc2ccc(Cl)cc21. The molecule has 0 aliphatic carbocycles. The fraction of sp³-hybridized carbons (Fsp3) is 0.385. The first-order chi connectivity index (χ1) is 8.56. The van der Waals surface area contributed by atoms with Crippen molar-refractivity contribution in [2.24, 2.45) is 0 Å². The van der Waals surface area contributed by atoms with Crippen molar-refractivity contribution >= 4 is 35.1 Å². The van der Waals surface area contributed by atoms with E-state index in [1.54, 1.807) is 11.8 Å². The summed E-state index contributed by atoms with van der Waals surface area (Å²) in [5, 5.41) is 3.57. The second-order valence-electron chi connectivity index (χ2n) is 4.32. The number of halogens is 1. The lowest BCUT2D eigenvalue weighted by atomic mass is 10.0. The van der Waals surface area contributed by atoms with E-state index in [2.05, 4.69) is 5.32 Å². The number of fused-ring (bicyclic) bond motifs is 1. The lowest BCUT2D eigenvalue weighted by molar-refractivity contribution is -0.127. The number of amides is 1. The number of rotatable bonds is 3. The van der Waals surface area contributed by atoms with Crippen molar-refractivity contribution in [2.75, 3.05) is 5.75 Å². The number of hydrogen-bond acceptors (Lipinski definition) is 3. The van der Waals surface area contributed by atoms with Crippen LogP contribution in [0.2, 0.25) is 5.02 Å². The molecule has 1 aliphatic heterocycles. The molecule has 3 nitrogen and oxygen atoms in total. The minimum Gasteiger partial charge on any atom is -0.349 e. The molecule has 1 N–H and O–H groups in total. The molecule has 1 aromatic rings. The van der Waals surface area contributed by atoms with Gasteiger partial charge in [0.1, 0.15) is 5.78 Å². The van der Waals surface area contributed by atoms with Gasteiger partial charge in [-0.3, -0.25) is 9.59 Å². The van der Waals surface area contributed by atoms with Gasteiger partial charge in [0, 0.05) is 15.7 Å². The van der Waals surface area contributed by atoms with Crippen LogP contribution in [-0.4, -0.2) is 17.4 Å². The second kappa shape index (κ2) is 5.76. The Kier molecular flexibility index (Phi) is 4.30. The van der Waals surface area contributed by atoms with E-state index < -0.39 is 0 Å². The first-order valence-electron chi connectivity index (χ1n) is 5.77. The molecule has 18 heavy (non-hydrogen) atoms. The molecule has 0 fully saturated rings. The van der Waals surface area contributed by atoms with Gasteiger partial charge in [0.25, 0.3) is 0 Å². The van der Waals surface area contributed by atoms with Gasteiger partial charge < -0.3 is 5.32 Å². The standard InChI is InChI=1S/C13H14ClNO2S/c1-8(16)6-13(17)15-11-4-5-18-12-3-2-9(14)7-10(11)12/h2-3,7,11H,4-6H2,1H3,(H,15,17). The van der Waals surface area contributed by atoms with E-state index in [9.17, 15) is 9.59 Å². The summed E-state index contributed by atoms with van der Waals surface area (Å²) in [5.74, 6) is 0.619. The normalized spacial score (nSPS) is 18.0. The molecule has 0 saturated heterocycles. The molecule has 96 valence electrons. The maximum absolute atomic E-state index is 11.6. The zero-order valence-corrected chi connectivity index (χ0v) is 11.6. The van der Waals surface area contributed by atoms with E-state index in [0.29, 0.717) is 5.02 Å². The third kappa shape index (κ3) is 3.27. The van der Waals surface area contributed by atoms with Crippen LogP contribution in [0.4, 0.5) is 0 Å². The monoisotopic (exact) mass is 283 g/mol. The van der Waals surface area contributed by atoms with Gasteiger partial charge in [0.15, 0.2) is 0 Å². The number of thioether (sulfide) groups is 1. The van der Waals surface area contributed by atoms with Crippen molar-refractivity contribution < 1.29 is 9.59 Å². The van der Waals surface area contributed by atoms with Crippen LogP contribution in [0.3, 0.4) is 0 Å². The molecule has 0 aromatic heterocycles. The van der Waals surface area contributed by atoms with Crippen LogP contribution in [0, 0.1) is 0 Å². The van der Waals surface area contributed by atoms with Crippen LogP contribution < -0.4 is 5.32 Å². The van der Waals surface area contributed by atoms with E-state index in [0.717, 1.165) is 22.6 Å². The Labute approximate surface area is 115 Å². The summed E-state index contributed by atoms with van der Waals surface area (Å²) in [6.45, 7) is 1.42. The minimum absolute atomic E-state index is 0.0354. The second-order valence-corrected chi connectivity index (χ2v) is 5.89. The Hall–Kier alpha value is -1.00. The molecule has 1 aliphatic rings. The number of benzene rings is 1. The summed E-state index contributed by atoms with van der Waals surface area (Å²) < 4.78 is 0. The third-order valence-corrected chi connectivity index (χ3v) is 4.11. The van der Waals surface area contributed by atoms with Crippen molar-refractivity contribution in [3.8, 4) is 0 Å². The van der Waals surface area contributed by atoms with Crippen LogP contribution in [0.1, 0.15) is 31.4 Å². The van der Waals surface area contributed by atoms with Crippen molar-refractivity contribution in [3.63, 3.8) is 0 Å². The first kappa shape index (κ1) is 13.4. The Morgan fingerprint density at radius 2 is 2.28 bits per heavy atom. The molecular weight excluding hydrogens is 270 g/mol. The Morgan fingerprint density at radius 3 is 3.00 bits per heavy atom. The van der Waals surface area contributed by atoms with Crippen LogP contribution in [0.25, 0.3) is 0 Å². The van der Waals surface area contributed by atoms with Gasteiger partial charge in [0.05, 0.1) is 12.5 Å². The van der Waals surface area contributed by atoms with Gasteiger partial charge in [-0.1, -0.05) is 11.6 Å². The van der Waals surface area contributed by atoms with Crippen LogP contribution in [0.15, 0.2) is 23.1 Å². The molecule has 1 heterocycles. The average molecular weight is 284 g/mol. The Balaban J connectivity index is 2.14. The van der Waals surface area contributed by atoms with Gasteiger partial charge in [-0.15, -0.1) is 11.8 Å². The average Bonchev–Trinajstić information content (AvgIpc) is 2.28. The summed E-state index contributed by atoms with van der Waals surface area (Å²) in [6, 6.07) is 5.69. The van der Waals surface area contributed by atoms with E-state index in [4.69, 9.17) is 11.6 Å². The molecule has 1 atom stereocenters. The molecule has 2 rings (SSSR count). The highest BCUT2D eigenvalue weighted by Crippen LogP contribution is 2.37. The quantitative estimate of drug-likeness (QED) is 0.868. The predicted octanol–water partition coefficient (Wildman–Crippen LogP) is 2.97. The molecule has 0 radical (unpaired) electrons. The lowest BCUT2D eigenvalue weighted by Crippen LogP contribution is -2.31. The lowest BCUT2D eigenvalue weighted by Gasteiger charge is -2.26. The molecular formula is C13H14ClNO2S. The summed E-state index contributed by atoms with van der Waals surface area (Å²) in [5.41, 5.74) is 1.05. The van der Waals surface area contributed by atoms with Crippen molar-refractivity contribution in [1.29, 1.82) is 0 Å². The summed E-state index contributed by atoms with van der Waals surface area (Å²) in [7, 11) is 0. The highest BCUT2D eigenvalue weighted by molar-refractivity contribution is 7.99. The first-order valence-corrected chi connectivity index (χ1v) is 7.13. The van der Waals surface area contributed by atoms with E-state index >= 15 is 0 Å². The zero-order chi connectivity index (χ0) is 13.1. The maximum Gasteiger partial charge on any atom is 0.227 e. The van der Waals surface area contributed by atoms with E-state index in [-0.39, 0.29) is 24.2 Å². The summed E-state index contributed by atoms with van der Waals surface area (Å²) in [4.78, 5) is 23.7. The minimum atomic E-state index is -0.217. The Bertz CT molecular complexity index is 490. The molecule has 0 spiro atoms. The fourth-order valence-corrected chi connectivity index (χ4v) is 3.27. The zero-order valence-electron chi connectivity index (χ0n) is 10.0. The highest BCUT2D eigenvalue weighted by atomic mass is 35.5. The maximum atomic E-state index is 11.6. The van der Waals surface area contributed by atoms with Crippen LogP contribution in [-0.2, 0) is 9.59 Å². The summed E-state index contributed by atoms with van der Waals surface area (Å²) in [6.07, 6.45) is 0.807. The predicted molar refractivity (Wildman–Crippen MR) is 73.0 cm³/mol. The van der Waals surface area contributed by atoms with Crippen molar-refractivity contribution in [3.05, 3.63) is 28.8 Å². The van der Waals surface area contributed by atoms with Gasteiger partial charge in [-0.05, 0) is 37.1 Å². The number of hydrogen-bond donors (Lipinski definition) is 1. The van der Waals surface area contributed by atoms with Gasteiger partial charge in [0.2, 0.25) is 5.91 Å². The van der Waals surface area contributed by atoms with Crippen molar-refractivity contribution in [1.82, 2.24) is 5.32 Å². The van der Waals surface area contributed by atoms with Gasteiger partial charge in [-0.2, -0.15) is 0 Å². The largest absolute Gasteiger partial charge is 0.349 e. The number of carbonyl (C=O) groups excluding carboxylic acids is 2. The molecule has 1 aromatic carbocycles. The summed E-state index contributed by atoms with van der Waals surface area (Å²) >= 11 is 7.75. The van der Waals surface area contributed by atoms with Gasteiger partial charge >= 0.3 is 0 Å². The van der Waals surface area contributed by atoms with Gasteiger partial charge in [-0.25, -0.2) is 0 Å². The number of Topliss-reactive ketones (excluding diaryl/α,β-unsaturated/α-hetero) is 1. The van der Waals surface area contributed by atoms with E-state index in [1.165, 1.54) is 6.92 Å². The highest BCUT2D eigenvalue weighted by Gasteiger charge is 2.22. The molecule has 5 heteroatoms. The molecule has 1 amide bonds. The fourth-order valence-electron chi connectivity index (χ4n) is 1.99. The Morgan fingerprint density at radius 1 is 1.50 bits per heavy atom. The number of ketones is 1.